The largest absolute Gasteiger partial charge is 0.494 e. The van der Waals surface area contributed by atoms with Crippen LogP contribution in [-0.2, 0) is 0 Å². The summed E-state index contributed by atoms with van der Waals surface area (Å²) in [4.78, 5) is 0. The molecule has 0 radical (unpaired) electrons. The molecule has 0 N–H and O–H groups in total. The van der Waals surface area contributed by atoms with Crippen LogP contribution in [0.25, 0.3) is 24.3 Å². The Morgan fingerprint density at radius 2 is 0.750 bits per heavy atom. The van der Waals surface area contributed by atoms with E-state index in [9.17, 15) is 0 Å². The molecule has 3 aromatic carbocycles. The van der Waals surface area contributed by atoms with E-state index in [1.54, 1.807) is 0 Å². The van der Waals surface area contributed by atoms with Gasteiger partial charge in [0.05, 0.1) is 13.2 Å². The van der Waals surface area contributed by atoms with Gasteiger partial charge in [0.15, 0.2) is 0 Å². The van der Waals surface area contributed by atoms with E-state index < -0.39 is 0 Å². The normalized spacial score (nSPS) is 11.3. The van der Waals surface area contributed by atoms with E-state index in [2.05, 4.69) is 86.7 Å². The van der Waals surface area contributed by atoms with Crippen LogP contribution in [0.4, 0.5) is 0 Å². The first kappa shape index (κ1) is 23.4. The molecule has 0 saturated heterocycles. The molecule has 2 nitrogen and oxygen atoms in total. The highest BCUT2D eigenvalue weighted by molar-refractivity contribution is 5.73. The van der Waals surface area contributed by atoms with Gasteiger partial charge in [-0.1, -0.05) is 99.5 Å². The van der Waals surface area contributed by atoms with E-state index in [-0.39, 0.29) is 0 Å². The molecule has 0 aliphatic carbocycles. The Hall–Kier alpha value is -3.26. The quantitative estimate of drug-likeness (QED) is 0.214. The first-order valence-corrected chi connectivity index (χ1v) is 11.7. The highest BCUT2D eigenvalue weighted by Crippen LogP contribution is 2.17. The van der Waals surface area contributed by atoms with Crippen LogP contribution in [0.2, 0.25) is 0 Å². The molecule has 166 valence electrons. The zero-order valence-corrected chi connectivity index (χ0v) is 19.3. The Morgan fingerprint density at radius 1 is 0.469 bits per heavy atom. The molecule has 0 atom stereocenters. The minimum atomic E-state index is 0.783. The number of ether oxygens (including phenoxy) is 2. The Labute approximate surface area is 193 Å². The van der Waals surface area contributed by atoms with Crippen LogP contribution in [0.5, 0.6) is 11.5 Å². The predicted molar refractivity (Wildman–Crippen MR) is 138 cm³/mol. The van der Waals surface area contributed by atoms with Crippen LogP contribution >= 0.6 is 0 Å². The van der Waals surface area contributed by atoms with Gasteiger partial charge < -0.3 is 9.47 Å². The summed E-state index contributed by atoms with van der Waals surface area (Å²) in [6, 6.07) is 25.1. The molecule has 0 amide bonds. The summed E-state index contributed by atoms with van der Waals surface area (Å²) in [6.07, 6.45) is 13.0. The van der Waals surface area contributed by atoms with Crippen molar-refractivity contribution in [3.05, 3.63) is 95.1 Å². The third kappa shape index (κ3) is 8.11. The molecule has 0 aromatic heterocycles. The van der Waals surface area contributed by atoms with Crippen molar-refractivity contribution in [2.45, 2.75) is 39.5 Å². The van der Waals surface area contributed by atoms with Crippen molar-refractivity contribution in [1.82, 2.24) is 0 Å². The van der Waals surface area contributed by atoms with Gasteiger partial charge in [-0.05, 0) is 59.4 Å². The molecule has 0 aliphatic heterocycles. The second kappa shape index (κ2) is 13.2. The first-order chi connectivity index (χ1) is 15.8. The minimum Gasteiger partial charge on any atom is -0.494 e. The zero-order valence-electron chi connectivity index (χ0n) is 19.3. The zero-order chi connectivity index (χ0) is 22.4. The number of benzene rings is 3. The highest BCUT2D eigenvalue weighted by atomic mass is 16.5. The molecule has 0 unspecified atom stereocenters. The van der Waals surface area contributed by atoms with Gasteiger partial charge in [0.25, 0.3) is 0 Å². The van der Waals surface area contributed by atoms with E-state index in [1.165, 1.54) is 22.3 Å². The maximum atomic E-state index is 5.72. The summed E-state index contributed by atoms with van der Waals surface area (Å²) >= 11 is 0. The van der Waals surface area contributed by atoms with E-state index in [4.69, 9.17) is 9.47 Å². The Balaban J connectivity index is 1.51. The third-order valence-electron chi connectivity index (χ3n) is 5.17. The molecule has 0 saturated carbocycles. The summed E-state index contributed by atoms with van der Waals surface area (Å²) in [7, 11) is 0. The van der Waals surface area contributed by atoms with Gasteiger partial charge in [0.2, 0.25) is 0 Å². The fraction of sp³-hybridized carbons (Fsp3) is 0.267. The van der Waals surface area contributed by atoms with Crippen LogP contribution in [0.3, 0.4) is 0 Å². The van der Waals surface area contributed by atoms with Crippen LogP contribution in [0.15, 0.2) is 72.8 Å². The van der Waals surface area contributed by atoms with Crippen molar-refractivity contribution >= 4 is 24.3 Å². The Kier molecular flexibility index (Phi) is 9.67. The van der Waals surface area contributed by atoms with Gasteiger partial charge >= 0.3 is 0 Å². The van der Waals surface area contributed by atoms with Gasteiger partial charge in [-0.25, -0.2) is 0 Å². The second-order valence-corrected chi connectivity index (χ2v) is 7.88. The van der Waals surface area contributed by atoms with Crippen LogP contribution in [0, 0.1) is 0 Å². The fourth-order valence-electron chi connectivity index (χ4n) is 3.12. The number of unbranched alkanes of at least 4 members (excludes halogenated alkanes) is 2. The molecule has 0 aliphatic rings. The smallest absolute Gasteiger partial charge is 0.119 e. The van der Waals surface area contributed by atoms with Crippen LogP contribution < -0.4 is 9.47 Å². The first-order valence-electron chi connectivity index (χ1n) is 11.7. The van der Waals surface area contributed by atoms with Crippen molar-refractivity contribution in [2.75, 3.05) is 13.2 Å². The molecule has 3 aromatic rings. The Morgan fingerprint density at radius 3 is 1.03 bits per heavy atom. The van der Waals surface area contributed by atoms with Crippen LogP contribution in [-0.4, -0.2) is 13.2 Å². The minimum absolute atomic E-state index is 0.783. The maximum absolute atomic E-state index is 5.72. The standard InChI is InChI=1S/C30H34O2/c1-3-5-23-31-29-19-15-27(16-20-29)13-11-25-7-9-26(10-8-25)12-14-28-17-21-30(22-18-28)32-24-6-4-2/h7-22H,3-6,23-24H2,1-2H3/b13-11+,14-12?. The maximum Gasteiger partial charge on any atom is 0.119 e. The summed E-state index contributed by atoms with van der Waals surface area (Å²) in [5, 5.41) is 0. The summed E-state index contributed by atoms with van der Waals surface area (Å²) in [6.45, 7) is 5.91. The predicted octanol–water partition coefficient (Wildman–Crippen LogP) is 8.39. The fourth-order valence-corrected chi connectivity index (χ4v) is 3.12. The summed E-state index contributed by atoms with van der Waals surface area (Å²) in [5.74, 6) is 1.87. The van der Waals surface area contributed by atoms with E-state index >= 15 is 0 Å². The molecule has 0 bridgehead atoms. The van der Waals surface area contributed by atoms with Gasteiger partial charge in [-0.15, -0.1) is 0 Å². The van der Waals surface area contributed by atoms with Crippen molar-refractivity contribution in [2.24, 2.45) is 0 Å². The van der Waals surface area contributed by atoms with E-state index in [0.29, 0.717) is 0 Å². The molecular weight excluding hydrogens is 392 g/mol. The molecule has 0 heterocycles. The average Bonchev–Trinajstić information content (AvgIpc) is 2.84. The van der Waals surface area contributed by atoms with Crippen molar-refractivity contribution in [3.63, 3.8) is 0 Å². The van der Waals surface area contributed by atoms with Gasteiger partial charge in [-0.2, -0.15) is 0 Å². The van der Waals surface area contributed by atoms with Crippen molar-refractivity contribution in [3.8, 4) is 11.5 Å². The van der Waals surface area contributed by atoms with Crippen molar-refractivity contribution < 1.29 is 9.47 Å². The third-order valence-corrected chi connectivity index (χ3v) is 5.17. The molecule has 32 heavy (non-hydrogen) atoms. The number of rotatable bonds is 12. The van der Waals surface area contributed by atoms with Gasteiger partial charge in [-0.3, -0.25) is 0 Å². The lowest BCUT2D eigenvalue weighted by Gasteiger charge is -2.05. The number of hydrogen-bond donors (Lipinski definition) is 0. The summed E-state index contributed by atoms with van der Waals surface area (Å²) in [5.41, 5.74) is 4.69. The molecule has 0 spiro atoms. The van der Waals surface area contributed by atoms with Crippen molar-refractivity contribution in [1.29, 1.82) is 0 Å². The van der Waals surface area contributed by atoms with Crippen LogP contribution in [0.1, 0.15) is 61.8 Å². The SMILES string of the molecule is CCCCOc1ccc(C=Cc2ccc(/C=C/c3ccc(OCCCC)cc3)cc2)cc1. The van der Waals surface area contributed by atoms with E-state index in [1.807, 2.05) is 24.3 Å². The Bertz CT molecular complexity index is 882. The average molecular weight is 427 g/mol. The van der Waals surface area contributed by atoms with E-state index in [0.717, 1.165) is 50.4 Å². The number of hydrogen-bond acceptors (Lipinski definition) is 2. The summed E-state index contributed by atoms with van der Waals surface area (Å²) < 4.78 is 11.4. The molecular formula is C30H34O2. The van der Waals surface area contributed by atoms with Gasteiger partial charge in [0.1, 0.15) is 11.5 Å². The lowest BCUT2D eigenvalue weighted by Crippen LogP contribution is -1.95. The monoisotopic (exact) mass is 426 g/mol. The molecule has 0 fully saturated rings. The topological polar surface area (TPSA) is 18.5 Å². The lowest BCUT2D eigenvalue weighted by molar-refractivity contribution is 0.309. The highest BCUT2D eigenvalue weighted by Gasteiger charge is 1.96. The van der Waals surface area contributed by atoms with Gasteiger partial charge in [0, 0.05) is 0 Å². The lowest BCUT2D eigenvalue weighted by atomic mass is 10.1. The molecule has 2 heteroatoms. The second-order valence-electron chi connectivity index (χ2n) is 7.88. The molecule has 3 rings (SSSR count).